The van der Waals surface area contributed by atoms with E-state index in [4.69, 9.17) is 9.47 Å². The van der Waals surface area contributed by atoms with Gasteiger partial charge in [0.1, 0.15) is 11.5 Å². The Labute approximate surface area is 151 Å². The first kappa shape index (κ1) is 17.8. The number of aliphatic carboxylic acids is 1. The van der Waals surface area contributed by atoms with E-state index >= 15 is 0 Å². The van der Waals surface area contributed by atoms with Gasteiger partial charge in [-0.25, -0.2) is 4.79 Å². The molecule has 6 nitrogen and oxygen atoms in total. The molecule has 2 aromatic rings. The normalized spacial score (nSPS) is 13.5. The lowest BCUT2D eigenvalue weighted by atomic mass is 10.0. The van der Waals surface area contributed by atoms with E-state index in [1.807, 2.05) is 26.0 Å². The van der Waals surface area contributed by atoms with Crippen molar-refractivity contribution in [3.8, 4) is 11.5 Å². The standard InChI is InChI=1S/C20H21NO5/c1-12-3-5-16(9-13(12)2)26-11-18(22)21-19(20(23)24)15-4-6-17-14(10-15)7-8-25-17/h3-6,9-10,19H,7-8,11H2,1-2H3,(H,21,22)(H,23,24). The fourth-order valence-electron chi connectivity index (χ4n) is 2.83. The van der Waals surface area contributed by atoms with Gasteiger partial charge in [-0.2, -0.15) is 0 Å². The molecule has 0 aliphatic carbocycles. The van der Waals surface area contributed by atoms with E-state index in [1.54, 1.807) is 24.3 Å². The third-order valence-electron chi connectivity index (χ3n) is 4.45. The molecule has 2 N–H and O–H groups in total. The van der Waals surface area contributed by atoms with Crippen LogP contribution in [-0.4, -0.2) is 30.2 Å². The van der Waals surface area contributed by atoms with Crippen molar-refractivity contribution in [1.29, 1.82) is 0 Å². The van der Waals surface area contributed by atoms with Crippen molar-refractivity contribution >= 4 is 11.9 Å². The second-order valence-corrected chi connectivity index (χ2v) is 6.34. The van der Waals surface area contributed by atoms with Crippen molar-refractivity contribution in [3.05, 3.63) is 58.7 Å². The Morgan fingerprint density at radius 1 is 1.19 bits per heavy atom. The van der Waals surface area contributed by atoms with Gasteiger partial charge < -0.3 is 19.9 Å². The number of ether oxygens (including phenoxy) is 2. The summed E-state index contributed by atoms with van der Waals surface area (Å²) < 4.78 is 10.9. The zero-order valence-electron chi connectivity index (χ0n) is 14.7. The van der Waals surface area contributed by atoms with Crippen LogP contribution in [-0.2, 0) is 16.0 Å². The topological polar surface area (TPSA) is 84.9 Å². The molecule has 0 saturated heterocycles. The number of hydrogen-bond acceptors (Lipinski definition) is 4. The largest absolute Gasteiger partial charge is 0.493 e. The highest BCUT2D eigenvalue weighted by Crippen LogP contribution is 2.28. The molecule has 136 valence electrons. The molecule has 0 fully saturated rings. The summed E-state index contributed by atoms with van der Waals surface area (Å²) in [5, 5.41) is 12.0. The van der Waals surface area contributed by atoms with E-state index in [0.717, 1.165) is 28.9 Å². The van der Waals surface area contributed by atoms with Crippen molar-refractivity contribution in [2.75, 3.05) is 13.2 Å². The van der Waals surface area contributed by atoms with Crippen molar-refractivity contribution in [2.24, 2.45) is 0 Å². The van der Waals surface area contributed by atoms with Gasteiger partial charge >= 0.3 is 5.97 Å². The van der Waals surface area contributed by atoms with Crippen LogP contribution >= 0.6 is 0 Å². The number of fused-ring (bicyclic) bond motifs is 1. The second kappa shape index (κ2) is 7.47. The Hall–Kier alpha value is -3.02. The Balaban J connectivity index is 1.65. The minimum Gasteiger partial charge on any atom is -0.493 e. The zero-order chi connectivity index (χ0) is 18.7. The van der Waals surface area contributed by atoms with Gasteiger partial charge in [-0.15, -0.1) is 0 Å². The molecule has 0 aromatic heterocycles. The van der Waals surface area contributed by atoms with Crippen molar-refractivity contribution in [2.45, 2.75) is 26.3 Å². The predicted molar refractivity (Wildman–Crippen MR) is 95.6 cm³/mol. The summed E-state index contributed by atoms with van der Waals surface area (Å²) in [6, 6.07) is 9.58. The zero-order valence-corrected chi connectivity index (χ0v) is 14.7. The number of carboxylic acid groups (broad SMARTS) is 1. The van der Waals surface area contributed by atoms with Gasteiger partial charge in [-0.3, -0.25) is 4.79 Å². The van der Waals surface area contributed by atoms with Gasteiger partial charge in [0.2, 0.25) is 0 Å². The molecule has 1 atom stereocenters. The maximum Gasteiger partial charge on any atom is 0.330 e. The molecule has 0 bridgehead atoms. The average molecular weight is 355 g/mol. The number of aryl methyl sites for hydroxylation is 2. The molecule has 0 saturated carbocycles. The highest BCUT2D eigenvalue weighted by molar-refractivity contribution is 5.85. The van der Waals surface area contributed by atoms with Crippen molar-refractivity contribution in [1.82, 2.24) is 5.32 Å². The van der Waals surface area contributed by atoms with Crippen LogP contribution in [0.5, 0.6) is 11.5 Å². The van der Waals surface area contributed by atoms with Gasteiger partial charge in [0.25, 0.3) is 5.91 Å². The highest BCUT2D eigenvalue weighted by Gasteiger charge is 2.24. The Kier molecular flexibility index (Phi) is 5.11. The van der Waals surface area contributed by atoms with Gasteiger partial charge in [0.05, 0.1) is 6.61 Å². The SMILES string of the molecule is Cc1ccc(OCC(=O)NC(C(=O)O)c2ccc3c(c2)CCO3)cc1C. The number of carbonyl (C=O) groups excluding carboxylic acids is 1. The van der Waals surface area contributed by atoms with Crippen LogP contribution in [0.3, 0.4) is 0 Å². The maximum atomic E-state index is 12.2. The van der Waals surface area contributed by atoms with Crippen molar-refractivity contribution in [3.63, 3.8) is 0 Å². The van der Waals surface area contributed by atoms with Crippen LogP contribution in [0.15, 0.2) is 36.4 Å². The number of benzene rings is 2. The first-order valence-electron chi connectivity index (χ1n) is 8.42. The number of hydrogen-bond donors (Lipinski definition) is 2. The first-order valence-corrected chi connectivity index (χ1v) is 8.42. The number of rotatable bonds is 6. The molecule has 26 heavy (non-hydrogen) atoms. The quantitative estimate of drug-likeness (QED) is 0.832. The first-order chi connectivity index (χ1) is 12.4. The fourth-order valence-corrected chi connectivity index (χ4v) is 2.83. The lowest BCUT2D eigenvalue weighted by molar-refractivity contribution is -0.142. The van der Waals surface area contributed by atoms with Crippen LogP contribution in [0.25, 0.3) is 0 Å². The van der Waals surface area contributed by atoms with E-state index in [9.17, 15) is 14.7 Å². The van der Waals surface area contributed by atoms with E-state index in [-0.39, 0.29) is 6.61 Å². The molecule has 1 amide bonds. The van der Waals surface area contributed by atoms with Gasteiger partial charge in [-0.1, -0.05) is 12.1 Å². The van der Waals surface area contributed by atoms with E-state index in [0.29, 0.717) is 17.9 Å². The van der Waals surface area contributed by atoms with Crippen LogP contribution in [0.2, 0.25) is 0 Å². The van der Waals surface area contributed by atoms with Crippen LogP contribution in [0.4, 0.5) is 0 Å². The van der Waals surface area contributed by atoms with E-state index in [1.165, 1.54) is 0 Å². The van der Waals surface area contributed by atoms with Crippen LogP contribution in [0.1, 0.15) is 28.3 Å². The summed E-state index contributed by atoms with van der Waals surface area (Å²) in [7, 11) is 0. The third kappa shape index (κ3) is 3.96. The summed E-state index contributed by atoms with van der Waals surface area (Å²) in [4.78, 5) is 23.8. The van der Waals surface area contributed by atoms with Crippen LogP contribution in [0, 0.1) is 13.8 Å². The lowest BCUT2D eigenvalue weighted by Gasteiger charge is -2.16. The summed E-state index contributed by atoms with van der Waals surface area (Å²) in [6.07, 6.45) is 0.735. The Morgan fingerprint density at radius 2 is 2.00 bits per heavy atom. The molecule has 2 aromatic carbocycles. The number of carboxylic acids is 1. The molecular weight excluding hydrogens is 334 g/mol. The summed E-state index contributed by atoms with van der Waals surface area (Å²) in [6.45, 7) is 4.29. The minimum atomic E-state index is -1.13. The molecule has 1 unspecified atom stereocenters. The average Bonchev–Trinajstić information content (AvgIpc) is 3.08. The lowest BCUT2D eigenvalue weighted by Crippen LogP contribution is -2.36. The summed E-state index contributed by atoms with van der Waals surface area (Å²) in [5.41, 5.74) is 3.66. The fraction of sp³-hybridized carbons (Fsp3) is 0.300. The molecule has 1 heterocycles. The molecule has 0 spiro atoms. The molecule has 1 aliphatic rings. The van der Waals surface area contributed by atoms with E-state index in [2.05, 4.69) is 5.32 Å². The summed E-state index contributed by atoms with van der Waals surface area (Å²) in [5.74, 6) is -0.275. The number of nitrogens with one attached hydrogen (secondary N) is 1. The number of amides is 1. The van der Waals surface area contributed by atoms with Gasteiger partial charge in [0.15, 0.2) is 12.6 Å². The van der Waals surface area contributed by atoms with Crippen molar-refractivity contribution < 1.29 is 24.2 Å². The second-order valence-electron chi connectivity index (χ2n) is 6.34. The summed E-state index contributed by atoms with van der Waals surface area (Å²) >= 11 is 0. The predicted octanol–water partition coefficient (Wildman–Crippen LogP) is 2.56. The highest BCUT2D eigenvalue weighted by atomic mass is 16.5. The third-order valence-corrected chi connectivity index (χ3v) is 4.45. The minimum absolute atomic E-state index is 0.250. The van der Waals surface area contributed by atoms with Gasteiger partial charge in [0, 0.05) is 6.42 Å². The molecule has 0 radical (unpaired) electrons. The molecule has 3 rings (SSSR count). The smallest absolute Gasteiger partial charge is 0.330 e. The Bertz CT molecular complexity index is 846. The molecule has 6 heteroatoms. The Morgan fingerprint density at radius 3 is 2.73 bits per heavy atom. The van der Waals surface area contributed by atoms with Gasteiger partial charge in [-0.05, 0) is 60.4 Å². The number of carbonyl (C=O) groups is 2. The molecule has 1 aliphatic heterocycles. The monoisotopic (exact) mass is 355 g/mol. The molecular formula is C20H21NO5. The van der Waals surface area contributed by atoms with E-state index < -0.39 is 17.9 Å². The maximum absolute atomic E-state index is 12.2. The van der Waals surface area contributed by atoms with Crippen LogP contribution < -0.4 is 14.8 Å².